The predicted octanol–water partition coefficient (Wildman–Crippen LogP) is 4.64. The van der Waals surface area contributed by atoms with Crippen molar-refractivity contribution in [1.82, 2.24) is 20.1 Å². The van der Waals surface area contributed by atoms with Crippen molar-refractivity contribution in [1.29, 1.82) is 0 Å². The van der Waals surface area contributed by atoms with Gasteiger partial charge in [-0.1, -0.05) is 42.1 Å². The lowest BCUT2D eigenvalue weighted by Crippen LogP contribution is -2.33. The fraction of sp³-hybridized carbons (Fsp3) is 0.261. The average Bonchev–Trinajstić information content (AvgIpc) is 3.16. The van der Waals surface area contributed by atoms with Gasteiger partial charge in [-0.3, -0.25) is 9.36 Å². The Morgan fingerprint density at radius 3 is 2.61 bits per heavy atom. The molecular weight excluding hydrogens is 415 g/mol. The van der Waals surface area contributed by atoms with Crippen LogP contribution >= 0.6 is 11.8 Å². The number of amides is 1. The number of rotatable bonds is 9. The summed E-state index contributed by atoms with van der Waals surface area (Å²) in [5.74, 6) is 0.884. The van der Waals surface area contributed by atoms with Crippen molar-refractivity contribution in [2.45, 2.75) is 36.8 Å². The second-order valence-corrected chi connectivity index (χ2v) is 8.26. The molecule has 0 aliphatic carbocycles. The van der Waals surface area contributed by atoms with Crippen molar-refractivity contribution in [3.05, 3.63) is 72.6 Å². The number of benzene rings is 2. The molecule has 2 unspecified atom stereocenters. The molecule has 0 radical (unpaired) electrons. The van der Waals surface area contributed by atoms with Crippen molar-refractivity contribution < 1.29 is 13.9 Å². The van der Waals surface area contributed by atoms with Gasteiger partial charge < -0.3 is 10.1 Å². The summed E-state index contributed by atoms with van der Waals surface area (Å²) in [6, 6.07) is 13.4. The van der Waals surface area contributed by atoms with Crippen LogP contribution in [-0.2, 0) is 11.3 Å². The van der Waals surface area contributed by atoms with Crippen molar-refractivity contribution in [2.75, 3.05) is 7.11 Å². The number of nitrogens with one attached hydrogen (secondary N) is 1. The Morgan fingerprint density at radius 1 is 1.23 bits per heavy atom. The van der Waals surface area contributed by atoms with E-state index < -0.39 is 5.25 Å². The maximum Gasteiger partial charge on any atom is 0.233 e. The van der Waals surface area contributed by atoms with Gasteiger partial charge in [0.05, 0.1) is 24.0 Å². The lowest BCUT2D eigenvalue weighted by Gasteiger charge is -2.18. The van der Waals surface area contributed by atoms with Gasteiger partial charge in [0.15, 0.2) is 11.0 Å². The summed E-state index contributed by atoms with van der Waals surface area (Å²) in [4.78, 5) is 12.7. The Balaban J connectivity index is 1.77. The minimum absolute atomic E-state index is 0.145. The number of carbonyl (C=O) groups excluding carboxylic acids is 1. The highest BCUT2D eigenvalue weighted by molar-refractivity contribution is 8.00. The normalized spacial score (nSPS) is 12.8. The molecule has 0 fully saturated rings. The van der Waals surface area contributed by atoms with E-state index in [-0.39, 0.29) is 17.8 Å². The van der Waals surface area contributed by atoms with E-state index in [2.05, 4.69) is 22.1 Å². The Bertz CT molecular complexity index is 1050. The molecule has 3 rings (SSSR count). The van der Waals surface area contributed by atoms with Crippen molar-refractivity contribution >= 4 is 17.7 Å². The molecule has 0 bridgehead atoms. The zero-order valence-corrected chi connectivity index (χ0v) is 18.5. The molecule has 2 atom stereocenters. The monoisotopic (exact) mass is 440 g/mol. The zero-order chi connectivity index (χ0) is 22.4. The highest BCUT2D eigenvalue weighted by Gasteiger charge is 2.23. The van der Waals surface area contributed by atoms with Crippen LogP contribution in [0.15, 0.2) is 66.3 Å². The van der Waals surface area contributed by atoms with Crippen LogP contribution in [-0.4, -0.2) is 33.0 Å². The lowest BCUT2D eigenvalue weighted by atomic mass is 10.1. The molecule has 162 valence electrons. The fourth-order valence-corrected chi connectivity index (χ4v) is 3.94. The molecule has 0 saturated heterocycles. The molecule has 1 aromatic heterocycles. The summed E-state index contributed by atoms with van der Waals surface area (Å²) in [7, 11) is 1.61. The molecule has 2 aromatic carbocycles. The van der Waals surface area contributed by atoms with Gasteiger partial charge in [-0.25, -0.2) is 4.39 Å². The van der Waals surface area contributed by atoms with Gasteiger partial charge in [-0.15, -0.1) is 16.8 Å². The fourth-order valence-electron chi connectivity index (χ4n) is 3.08. The summed E-state index contributed by atoms with van der Waals surface area (Å²) >= 11 is 1.32. The Kier molecular flexibility index (Phi) is 7.46. The van der Waals surface area contributed by atoms with Gasteiger partial charge in [0, 0.05) is 6.54 Å². The van der Waals surface area contributed by atoms with E-state index in [0.29, 0.717) is 23.3 Å². The first kappa shape index (κ1) is 22.6. The van der Waals surface area contributed by atoms with E-state index in [9.17, 15) is 9.18 Å². The number of para-hydroxylation sites is 1. The number of halogens is 1. The first-order chi connectivity index (χ1) is 14.9. The molecule has 1 N–H and O–H groups in total. The third kappa shape index (κ3) is 5.32. The van der Waals surface area contributed by atoms with Gasteiger partial charge in [0.1, 0.15) is 11.6 Å². The maximum atomic E-state index is 13.1. The van der Waals surface area contributed by atoms with Crippen LogP contribution in [0.1, 0.15) is 25.5 Å². The van der Waals surface area contributed by atoms with Crippen LogP contribution in [0.5, 0.6) is 5.75 Å². The summed E-state index contributed by atoms with van der Waals surface area (Å²) in [6.45, 7) is 7.99. The predicted molar refractivity (Wildman–Crippen MR) is 120 cm³/mol. The number of hydrogen-bond donors (Lipinski definition) is 1. The minimum atomic E-state index is -0.416. The van der Waals surface area contributed by atoms with E-state index in [1.165, 1.54) is 23.9 Å². The van der Waals surface area contributed by atoms with Crippen LogP contribution in [0.2, 0.25) is 0 Å². The van der Waals surface area contributed by atoms with Crippen LogP contribution in [0.25, 0.3) is 11.4 Å². The Morgan fingerprint density at radius 2 is 1.94 bits per heavy atom. The van der Waals surface area contributed by atoms with Gasteiger partial charge in [0.2, 0.25) is 5.91 Å². The number of allylic oxidation sites excluding steroid dienone is 1. The lowest BCUT2D eigenvalue weighted by molar-refractivity contribution is -0.120. The molecule has 1 amide bonds. The largest absolute Gasteiger partial charge is 0.496 e. The third-order valence-corrected chi connectivity index (χ3v) is 5.84. The second-order valence-electron chi connectivity index (χ2n) is 6.95. The number of nitrogens with zero attached hydrogens (tertiary/aromatic N) is 3. The topological polar surface area (TPSA) is 69.0 Å². The minimum Gasteiger partial charge on any atom is -0.496 e. The number of thioether (sulfide) groups is 1. The van der Waals surface area contributed by atoms with E-state index >= 15 is 0 Å². The molecule has 0 aliphatic heterocycles. The molecule has 3 aromatic rings. The first-order valence-electron chi connectivity index (χ1n) is 9.84. The first-order valence-corrected chi connectivity index (χ1v) is 10.7. The molecule has 31 heavy (non-hydrogen) atoms. The van der Waals surface area contributed by atoms with Crippen LogP contribution in [0, 0.1) is 5.82 Å². The average molecular weight is 441 g/mol. The van der Waals surface area contributed by atoms with Gasteiger partial charge in [-0.2, -0.15) is 0 Å². The Labute approximate surface area is 185 Å². The summed E-state index contributed by atoms with van der Waals surface area (Å²) < 4.78 is 20.5. The Hall–Kier alpha value is -3.13. The zero-order valence-electron chi connectivity index (χ0n) is 17.7. The molecule has 6 nitrogen and oxygen atoms in total. The summed E-state index contributed by atoms with van der Waals surface area (Å²) in [5.41, 5.74) is 1.65. The molecule has 0 aliphatic rings. The van der Waals surface area contributed by atoms with Gasteiger partial charge in [-0.05, 0) is 43.7 Å². The number of aromatic nitrogens is 3. The van der Waals surface area contributed by atoms with Crippen molar-refractivity contribution in [2.24, 2.45) is 0 Å². The van der Waals surface area contributed by atoms with Crippen LogP contribution in [0.4, 0.5) is 4.39 Å². The molecule has 0 saturated carbocycles. The van der Waals surface area contributed by atoms with E-state index in [1.54, 1.807) is 25.3 Å². The molecule has 1 heterocycles. The SMILES string of the molecule is C=CCn1c(SC(C)C(=O)NC(C)c2ccc(F)cc2)nnc1-c1ccccc1OC. The molecular formula is C23H25FN4O2S. The van der Waals surface area contributed by atoms with E-state index in [1.807, 2.05) is 42.7 Å². The van der Waals surface area contributed by atoms with Crippen LogP contribution in [0.3, 0.4) is 0 Å². The third-order valence-electron chi connectivity index (χ3n) is 4.76. The quantitative estimate of drug-likeness (QED) is 0.388. The summed E-state index contributed by atoms with van der Waals surface area (Å²) in [6.07, 6.45) is 1.76. The number of ether oxygens (including phenoxy) is 1. The molecule has 0 spiro atoms. The van der Waals surface area contributed by atoms with Crippen molar-refractivity contribution in [3.8, 4) is 17.1 Å². The maximum absolute atomic E-state index is 13.1. The number of methoxy groups -OCH3 is 1. The standard InChI is InChI=1S/C23H25FN4O2S/c1-5-14-28-21(19-8-6-7-9-20(19)30-4)26-27-23(28)31-16(3)22(29)25-15(2)17-10-12-18(24)13-11-17/h5-13,15-16H,1,14H2,2-4H3,(H,25,29). The van der Waals surface area contributed by atoms with E-state index in [4.69, 9.17) is 4.74 Å². The highest BCUT2D eigenvalue weighted by atomic mass is 32.2. The van der Waals surface area contributed by atoms with E-state index in [0.717, 1.165) is 11.1 Å². The molecule has 8 heteroatoms. The second kappa shape index (κ2) is 10.3. The number of hydrogen-bond acceptors (Lipinski definition) is 5. The van der Waals surface area contributed by atoms with Crippen molar-refractivity contribution in [3.63, 3.8) is 0 Å². The van der Waals surface area contributed by atoms with Gasteiger partial charge in [0.25, 0.3) is 0 Å². The summed E-state index contributed by atoms with van der Waals surface area (Å²) in [5, 5.41) is 11.8. The number of carbonyl (C=O) groups is 1. The van der Waals surface area contributed by atoms with Crippen LogP contribution < -0.4 is 10.1 Å². The smallest absolute Gasteiger partial charge is 0.233 e. The highest BCUT2D eigenvalue weighted by Crippen LogP contribution is 2.32. The van der Waals surface area contributed by atoms with Gasteiger partial charge >= 0.3 is 0 Å².